The minimum atomic E-state index is -3.42. The quantitative estimate of drug-likeness (QED) is 0.820. The van der Waals surface area contributed by atoms with Gasteiger partial charge < -0.3 is 4.90 Å². The average Bonchev–Trinajstić information content (AvgIpc) is 2.38. The zero-order valence-corrected chi connectivity index (χ0v) is 14.2. The Balaban J connectivity index is 2.06. The fourth-order valence-corrected chi connectivity index (χ4v) is 4.28. The first-order valence-corrected chi connectivity index (χ1v) is 8.96. The zero-order valence-electron chi connectivity index (χ0n) is 11.8. The maximum atomic E-state index is 12.5. The molecule has 1 aromatic rings. The van der Waals surface area contributed by atoms with Gasteiger partial charge in [0.05, 0.1) is 0 Å². The fourth-order valence-electron chi connectivity index (χ4n) is 2.35. The summed E-state index contributed by atoms with van der Waals surface area (Å²) in [4.78, 5) is 6.51. The molecule has 0 bridgehead atoms. The molecule has 0 aromatic carbocycles. The Morgan fingerprint density at radius 1 is 1.25 bits per heavy atom. The van der Waals surface area contributed by atoms with Gasteiger partial charge >= 0.3 is 0 Å². The Labute approximate surface area is 129 Å². The number of hydrogen-bond donors (Lipinski definition) is 0. The van der Waals surface area contributed by atoms with E-state index in [-0.39, 0.29) is 4.90 Å². The number of pyridine rings is 1. The third-order valence-corrected chi connectivity index (χ3v) is 5.57. The van der Waals surface area contributed by atoms with E-state index in [0.717, 1.165) is 19.6 Å². The Bertz CT molecular complexity index is 554. The van der Waals surface area contributed by atoms with Crippen LogP contribution in [0.5, 0.6) is 0 Å². The molecular formula is C13H20BrN3O2S. The van der Waals surface area contributed by atoms with Crippen LogP contribution >= 0.6 is 15.9 Å². The van der Waals surface area contributed by atoms with Crippen molar-refractivity contribution in [3.8, 4) is 0 Å². The molecule has 0 atom stereocenters. The lowest BCUT2D eigenvalue weighted by atomic mass is 10.2. The molecule has 0 saturated carbocycles. The van der Waals surface area contributed by atoms with E-state index in [2.05, 4.69) is 39.7 Å². The lowest BCUT2D eigenvalue weighted by molar-refractivity contribution is 0.172. The highest BCUT2D eigenvalue weighted by molar-refractivity contribution is 9.10. The maximum Gasteiger partial charge on any atom is 0.244 e. The molecule has 0 spiro atoms. The number of hydrogen-bond acceptors (Lipinski definition) is 4. The molecule has 0 unspecified atom stereocenters. The van der Waals surface area contributed by atoms with Crippen molar-refractivity contribution in [1.29, 1.82) is 0 Å². The molecule has 0 radical (unpaired) electrons. The number of sulfonamides is 1. The van der Waals surface area contributed by atoms with Gasteiger partial charge in [0, 0.05) is 49.6 Å². The van der Waals surface area contributed by atoms with Crippen molar-refractivity contribution in [2.24, 2.45) is 5.92 Å². The molecule has 2 rings (SSSR count). The van der Waals surface area contributed by atoms with Crippen molar-refractivity contribution in [3.05, 3.63) is 22.9 Å². The summed E-state index contributed by atoms with van der Waals surface area (Å²) < 4.78 is 27.3. The van der Waals surface area contributed by atoms with Gasteiger partial charge in [0.1, 0.15) is 4.90 Å². The largest absolute Gasteiger partial charge is 0.300 e. The molecule has 0 amide bonds. The van der Waals surface area contributed by atoms with Crippen LogP contribution in [0, 0.1) is 5.92 Å². The lowest BCUT2D eigenvalue weighted by Gasteiger charge is -2.34. The highest BCUT2D eigenvalue weighted by Gasteiger charge is 2.28. The molecule has 0 aliphatic carbocycles. The molecule has 112 valence electrons. The van der Waals surface area contributed by atoms with E-state index in [1.807, 2.05) is 0 Å². The smallest absolute Gasteiger partial charge is 0.244 e. The Morgan fingerprint density at radius 2 is 1.90 bits per heavy atom. The Hall–Kier alpha value is -0.500. The summed E-state index contributed by atoms with van der Waals surface area (Å²) in [6.07, 6.45) is 2.99. The van der Waals surface area contributed by atoms with Crippen molar-refractivity contribution in [1.82, 2.24) is 14.2 Å². The van der Waals surface area contributed by atoms with Gasteiger partial charge in [-0.2, -0.15) is 4.31 Å². The van der Waals surface area contributed by atoms with E-state index in [4.69, 9.17) is 0 Å². The fraction of sp³-hybridized carbons (Fsp3) is 0.615. The highest BCUT2D eigenvalue weighted by Crippen LogP contribution is 2.20. The van der Waals surface area contributed by atoms with E-state index >= 15 is 0 Å². The zero-order chi connectivity index (χ0) is 14.8. The number of rotatable bonds is 4. The molecule has 1 aliphatic heterocycles. The minimum Gasteiger partial charge on any atom is -0.300 e. The van der Waals surface area contributed by atoms with Gasteiger partial charge in [-0.05, 0) is 27.9 Å². The Morgan fingerprint density at radius 3 is 2.45 bits per heavy atom. The van der Waals surface area contributed by atoms with Crippen LogP contribution in [0.1, 0.15) is 13.8 Å². The van der Waals surface area contributed by atoms with Crippen LogP contribution in [0.4, 0.5) is 0 Å². The molecule has 20 heavy (non-hydrogen) atoms. The van der Waals surface area contributed by atoms with Crippen molar-refractivity contribution < 1.29 is 8.42 Å². The summed E-state index contributed by atoms with van der Waals surface area (Å²) in [5.41, 5.74) is 0. The van der Waals surface area contributed by atoms with Crippen molar-refractivity contribution in [2.45, 2.75) is 18.7 Å². The number of aromatic nitrogens is 1. The molecule has 7 heteroatoms. The monoisotopic (exact) mass is 361 g/mol. The van der Waals surface area contributed by atoms with Gasteiger partial charge in [-0.3, -0.25) is 4.98 Å². The van der Waals surface area contributed by atoms with Crippen molar-refractivity contribution >= 4 is 26.0 Å². The summed E-state index contributed by atoms with van der Waals surface area (Å²) >= 11 is 3.26. The van der Waals surface area contributed by atoms with Crippen LogP contribution in [0.25, 0.3) is 0 Å². The maximum absolute atomic E-state index is 12.5. The van der Waals surface area contributed by atoms with Gasteiger partial charge in [-0.25, -0.2) is 8.42 Å². The number of halogens is 1. The number of nitrogens with zero attached hydrogens (tertiary/aromatic N) is 3. The Kier molecular flexibility index (Phi) is 5.17. The van der Waals surface area contributed by atoms with Gasteiger partial charge in [0.25, 0.3) is 0 Å². The second kappa shape index (κ2) is 6.51. The van der Waals surface area contributed by atoms with E-state index in [9.17, 15) is 8.42 Å². The topological polar surface area (TPSA) is 53.5 Å². The minimum absolute atomic E-state index is 0.254. The molecule has 1 saturated heterocycles. The van der Waals surface area contributed by atoms with Crippen molar-refractivity contribution in [3.63, 3.8) is 0 Å². The summed E-state index contributed by atoms with van der Waals surface area (Å²) in [6, 6.07) is 1.60. The normalized spacial score (nSPS) is 18.6. The first-order chi connectivity index (χ1) is 9.39. The molecule has 5 nitrogen and oxygen atoms in total. The van der Waals surface area contributed by atoms with Crippen LogP contribution in [-0.4, -0.2) is 55.3 Å². The predicted molar refractivity (Wildman–Crippen MR) is 82.0 cm³/mol. The van der Waals surface area contributed by atoms with E-state index in [1.54, 1.807) is 16.6 Å². The standard InChI is InChI=1S/C13H20BrN3O2S/c1-11(2)10-16-3-5-17(6-4-16)20(18,19)13-7-12(14)8-15-9-13/h7-9,11H,3-6,10H2,1-2H3. The third kappa shape index (κ3) is 3.78. The molecule has 1 aliphatic rings. The summed E-state index contributed by atoms with van der Waals surface area (Å²) in [7, 11) is -3.42. The van der Waals surface area contributed by atoms with Gasteiger partial charge in [-0.1, -0.05) is 13.8 Å². The lowest BCUT2D eigenvalue weighted by Crippen LogP contribution is -2.49. The van der Waals surface area contributed by atoms with E-state index < -0.39 is 10.0 Å². The molecule has 1 aromatic heterocycles. The van der Waals surface area contributed by atoms with Crippen molar-refractivity contribution in [2.75, 3.05) is 32.7 Å². The molecule has 0 N–H and O–H groups in total. The highest BCUT2D eigenvalue weighted by atomic mass is 79.9. The SMILES string of the molecule is CC(C)CN1CCN(S(=O)(=O)c2cncc(Br)c2)CC1. The molecular weight excluding hydrogens is 342 g/mol. The summed E-state index contributed by atoms with van der Waals surface area (Å²) in [6.45, 7) is 8.04. The first-order valence-electron chi connectivity index (χ1n) is 6.72. The average molecular weight is 362 g/mol. The molecule has 2 heterocycles. The van der Waals surface area contributed by atoms with E-state index in [1.165, 1.54) is 6.20 Å². The van der Waals surface area contributed by atoms with Gasteiger partial charge in [0.2, 0.25) is 10.0 Å². The number of piperazine rings is 1. The first kappa shape index (κ1) is 15.9. The summed E-state index contributed by atoms with van der Waals surface area (Å²) in [5, 5.41) is 0. The van der Waals surface area contributed by atoms with E-state index in [0.29, 0.717) is 23.5 Å². The van der Waals surface area contributed by atoms with Gasteiger partial charge in [0.15, 0.2) is 0 Å². The molecule has 1 fully saturated rings. The second-order valence-corrected chi connectivity index (χ2v) is 8.29. The van der Waals surface area contributed by atoms with Crippen LogP contribution in [0.2, 0.25) is 0 Å². The van der Waals surface area contributed by atoms with Crippen LogP contribution in [0.3, 0.4) is 0 Å². The van der Waals surface area contributed by atoms with Gasteiger partial charge in [-0.15, -0.1) is 0 Å². The van der Waals surface area contributed by atoms with Crippen LogP contribution < -0.4 is 0 Å². The predicted octanol–water partition coefficient (Wildman–Crippen LogP) is 1.81. The summed E-state index contributed by atoms with van der Waals surface area (Å²) in [5.74, 6) is 0.604. The second-order valence-electron chi connectivity index (χ2n) is 5.44. The van der Waals surface area contributed by atoms with Crippen LogP contribution in [-0.2, 0) is 10.0 Å². The third-order valence-electron chi connectivity index (χ3n) is 3.27. The van der Waals surface area contributed by atoms with Crippen LogP contribution in [0.15, 0.2) is 27.8 Å².